The van der Waals surface area contributed by atoms with E-state index in [1.54, 1.807) is 6.07 Å². The molecule has 0 fully saturated rings. The van der Waals surface area contributed by atoms with Gasteiger partial charge in [-0.25, -0.2) is 12.8 Å². The van der Waals surface area contributed by atoms with Gasteiger partial charge in [-0.1, -0.05) is 5.92 Å². The summed E-state index contributed by atoms with van der Waals surface area (Å²) in [7, 11) is -2.74. The number of carbonyl (C=O) groups is 1. The van der Waals surface area contributed by atoms with Crippen LogP contribution in [0.1, 0.15) is 23.0 Å². The lowest BCUT2D eigenvalue weighted by atomic mass is 9.98. The number of nitriles is 1. The van der Waals surface area contributed by atoms with Crippen molar-refractivity contribution in [2.45, 2.75) is 23.5 Å². The summed E-state index contributed by atoms with van der Waals surface area (Å²) in [6.45, 7) is 1.03. The number of rotatable bonds is 3. The van der Waals surface area contributed by atoms with Crippen molar-refractivity contribution < 1.29 is 27.4 Å². The molecule has 2 atom stereocenters. The van der Waals surface area contributed by atoms with Crippen LogP contribution in [0.2, 0.25) is 0 Å². The van der Waals surface area contributed by atoms with Gasteiger partial charge in [0.15, 0.2) is 11.4 Å². The lowest BCUT2D eigenvalue weighted by Crippen LogP contribution is -2.56. The van der Waals surface area contributed by atoms with Gasteiger partial charge in [-0.15, -0.1) is 6.42 Å². The van der Waals surface area contributed by atoms with Crippen molar-refractivity contribution in [2.75, 3.05) is 11.9 Å². The molecule has 0 aliphatic carbocycles. The molecule has 156 valence electrons. The van der Waals surface area contributed by atoms with Gasteiger partial charge in [0.05, 0.1) is 5.56 Å². The minimum Gasteiger partial charge on any atom is -0.488 e. The molecule has 0 saturated carbocycles. The van der Waals surface area contributed by atoms with Crippen molar-refractivity contribution in [1.82, 2.24) is 9.29 Å². The number of halogens is 1. The largest absolute Gasteiger partial charge is 0.488 e. The Kier molecular flexibility index (Phi) is 5.31. The van der Waals surface area contributed by atoms with Crippen LogP contribution in [0.5, 0.6) is 5.75 Å². The number of benzene rings is 1. The first kappa shape index (κ1) is 21.3. The Bertz CT molecular complexity index is 1220. The first-order valence-electron chi connectivity index (χ1n) is 8.53. The van der Waals surface area contributed by atoms with Crippen LogP contribution in [-0.2, 0) is 17.1 Å². The number of anilines is 1. The van der Waals surface area contributed by atoms with Crippen LogP contribution in [0, 0.1) is 29.5 Å². The van der Waals surface area contributed by atoms with Crippen molar-refractivity contribution in [3.05, 3.63) is 41.5 Å². The molecule has 1 aliphatic rings. The standard InChI is InChI=1S/C19H17FN4O5S/c1-4-15(25)19(2)10-29-17-14(30(27,28)23-19)9-24(3)16(17)18(26)22-12-5-6-13(20)11(7-12)8-21/h1,5-7,9,15,23,25H,10H2,2-3H3,(H,22,26)/t15-,19+/m1/s1. The highest BCUT2D eigenvalue weighted by atomic mass is 32.2. The molecule has 1 aliphatic heterocycles. The quantitative estimate of drug-likeness (QED) is 0.612. The molecule has 0 spiro atoms. The number of ether oxygens (including phenoxy) is 1. The van der Waals surface area contributed by atoms with E-state index < -0.39 is 33.4 Å². The fraction of sp³-hybridized carbons (Fsp3) is 0.263. The minimum atomic E-state index is -4.19. The third-order valence-corrected chi connectivity index (χ3v) is 6.20. The number of aliphatic hydroxyl groups excluding tert-OH is 1. The first-order valence-corrected chi connectivity index (χ1v) is 10.0. The van der Waals surface area contributed by atoms with Crippen LogP contribution in [-0.4, -0.2) is 42.2 Å². The van der Waals surface area contributed by atoms with Crippen LogP contribution in [0.3, 0.4) is 0 Å². The summed E-state index contributed by atoms with van der Waals surface area (Å²) in [5.74, 6) is 0.354. The van der Waals surface area contributed by atoms with E-state index in [1.807, 2.05) is 0 Å². The number of terminal acetylenes is 1. The van der Waals surface area contributed by atoms with Crippen LogP contribution >= 0.6 is 0 Å². The number of carbonyl (C=O) groups excluding carboxylic acids is 1. The van der Waals surface area contributed by atoms with Crippen molar-refractivity contribution in [3.63, 3.8) is 0 Å². The second-order valence-corrected chi connectivity index (χ2v) is 8.57. The molecule has 2 aromatic rings. The number of aryl methyl sites for hydroxylation is 1. The number of nitrogens with zero attached hydrogens (tertiary/aromatic N) is 2. The maximum absolute atomic E-state index is 13.5. The summed E-state index contributed by atoms with van der Waals surface area (Å²) in [5, 5.41) is 21.4. The predicted molar refractivity (Wildman–Crippen MR) is 104 cm³/mol. The number of sulfonamides is 1. The average molecular weight is 432 g/mol. The summed E-state index contributed by atoms with van der Waals surface area (Å²) in [5.41, 5.74) is -1.78. The molecule has 30 heavy (non-hydrogen) atoms. The number of aliphatic hydroxyl groups is 1. The summed E-state index contributed by atoms with van der Waals surface area (Å²) in [4.78, 5) is 12.5. The number of fused-ring (bicyclic) bond motifs is 1. The number of nitrogens with one attached hydrogen (secondary N) is 2. The Balaban J connectivity index is 2.01. The van der Waals surface area contributed by atoms with E-state index in [0.717, 1.165) is 12.1 Å². The maximum Gasteiger partial charge on any atom is 0.276 e. The summed E-state index contributed by atoms with van der Waals surface area (Å²) in [6.07, 6.45) is 4.93. The molecule has 11 heteroatoms. The van der Waals surface area contributed by atoms with Crippen molar-refractivity contribution in [1.29, 1.82) is 5.26 Å². The molecular formula is C19H17FN4O5S. The van der Waals surface area contributed by atoms with Crippen molar-refractivity contribution >= 4 is 21.6 Å². The Labute approximate surface area is 172 Å². The number of hydrogen-bond acceptors (Lipinski definition) is 6. The zero-order valence-electron chi connectivity index (χ0n) is 15.9. The fourth-order valence-corrected chi connectivity index (χ4v) is 4.57. The molecule has 1 amide bonds. The van der Waals surface area contributed by atoms with Gasteiger partial charge in [0.25, 0.3) is 5.91 Å². The molecule has 0 bridgehead atoms. The Hall–Kier alpha value is -3.38. The van der Waals surface area contributed by atoms with E-state index >= 15 is 0 Å². The van der Waals surface area contributed by atoms with Crippen LogP contribution in [0.4, 0.5) is 10.1 Å². The van der Waals surface area contributed by atoms with E-state index in [9.17, 15) is 22.7 Å². The maximum atomic E-state index is 13.5. The van der Waals surface area contributed by atoms with E-state index in [4.69, 9.17) is 16.4 Å². The van der Waals surface area contributed by atoms with Crippen molar-refractivity contribution in [2.24, 2.45) is 7.05 Å². The van der Waals surface area contributed by atoms with E-state index in [-0.39, 0.29) is 34.2 Å². The Morgan fingerprint density at radius 2 is 2.23 bits per heavy atom. The molecular weight excluding hydrogens is 415 g/mol. The summed E-state index contributed by atoms with van der Waals surface area (Å²) < 4.78 is 48.3. The van der Waals surface area contributed by atoms with E-state index in [1.165, 1.54) is 30.8 Å². The van der Waals surface area contributed by atoms with Gasteiger partial charge in [-0.05, 0) is 25.1 Å². The SMILES string of the molecule is C#C[C@@H](O)[C@]1(C)COc2c(cn(C)c2C(=O)Nc2ccc(F)c(C#N)c2)S(=O)(=O)N1. The highest BCUT2D eigenvalue weighted by Crippen LogP contribution is 2.35. The molecule has 2 heterocycles. The van der Waals surface area contributed by atoms with E-state index in [0.29, 0.717) is 0 Å². The highest BCUT2D eigenvalue weighted by Gasteiger charge is 2.43. The average Bonchev–Trinajstić information content (AvgIpc) is 2.99. The van der Waals surface area contributed by atoms with Crippen LogP contribution in [0.25, 0.3) is 0 Å². The van der Waals surface area contributed by atoms with Crippen LogP contribution < -0.4 is 14.8 Å². The zero-order valence-corrected chi connectivity index (χ0v) is 16.7. The van der Waals surface area contributed by atoms with Crippen molar-refractivity contribution in [3.8, 4) is 24.2 Å². The van der Waals surface area contributed by atoms with Gasteiger partial charge in [0.2, 0.25) is 10.0 Å². The summed E-state index contributed by atoms with van der Waals surface area (Å²) >= 11 is 0. The third kappa shape index (κ3) is 3.62. The van der Waals surface area contributed by atoms with Gasteiger partial charge in [-0.3, -0.25) is 4.79 Å². The smallest absolute Gasteiger partial charge is 0.276 e. The summed E-state index contributed by atoms with van der Waals surface area (Å²) in [6, 6.07) is 5.10. The molecule has 1 aromatic carbocycles. The van der Waals surface area contributed by atoms with E-state index in [2.05, 4.69) is 16.0 Å². The molecule has 3 rings (SSSR count). The number of aromatic nitrogens is 1. The lowest BCUT2D eigenvalue weighted by Gasteiger charge is -2.29. The molecule has 0 unspecified atom stereocenters. The predicted octanol–water partition coefficient (Wildman–Crippen LogP) is 0.712. The number of amides is 1. The lowest BCUT2D eigenvalue weighted by molar-refractivity contribution is 0.0898. The molecule has 1 aromatic heterocycles. The normalized spacial score (nSPS) is 20.6. The fourth-order valence-electron chi connectivity index (χ4n) is 2.98. The van der Waals surface area contributed by atoms with Crippen LogP contribution in [0.15, 0.2) is 29.3 Å². The van der Waals surface area contributed by atoms with Gasteiger partial charge in [-0.2, -0.15) is 9.98 Å². The molecule has 0 saturated heterocycles. The van der Waals surface area contributed by atoms with Gasteiger partial charge in [0.1, 0.15) is 35.0 Å². The molecule has 9 nitrogen and oxygen atoms in total. The van der Waals surface area contributed by atoms with Gasteiger partial charge < -0.3 is 19.7 Å². The van der Waals surface area contributed by atoms with Gasteiger partial charge >= 0.3 is 0 Å². The zero-order chi connectivity index (χ0) is 22.3. The Morgan fingerprint density at radius 1 is 1.53 bits per heavy atom. The minimum absolute atomic E-state index is 0.127. The Morgan fingerprint density at radius 3 is 2.87 bits per heavy atom. The molecule has 3 N–H and O–H groups in total. The monoisotopic (exact) mass is 432 g/mol. The molecule has 0 radical (unpaired) electrons. The van der Waals surface area contributed by atoms with Gasteiger partial charge in [0, 0.05) is 18.9 Å². The second kappa shape index (κ2) is 7.46. The first-order chi connectivity index (χ1) is 14.0. The number of hydrogen-bond donors (Lipinski definition) is 3. The second-order valence-electron chi connectivity index (χ2n) is 6.92. The third-order valence-electron chi connectivity index (χ3n) is 4.60. The topological polar surface area (TPSA) is 133 Å². The highest BCUT2D eigenvalue weighted by molar-refractivity contribution is 7.89.